The van der Waals surface area contributed by atoms with E-state index < -0.39 is 5.60 Å². The van der Waals surface area contributed by atoms with Gasteiger partial charge in [0.2, 0.25) is 0 Å². The van der Waals surface area contributed by atoms with Gasteiger partial charge < -0.3 is 5.11 Å². The first kappa shape index (κ1) is 15.0. The molecule has 1 N–H and O–H groups in total. The highest BCUT2D eigenvalue weighted by atomic mass is 16.3. The molecular formula is C16H32O. The molecule has 17 heavy (non-hydrogen) atoms. The minimum absolute atomic E-state index is 0.284. The van der Waals surface area contributed by atoms with Crippen molar-refractivity contribution in [2.45, 2.75) is 79.8 Å². The lowest BCUT2D eigenvalue weighted by molar-refractivity contribution is -0.0123. The number of aliphatic hydroxyl groups is 1. The summed E-state index contributed by atoms with van der Waals surface area (Å²) < 4.78 is 0. The summed E-state index contributed by atoms with van der Waals surface area (Å²) in [6.07, 6.45) is 4.35. The maximum absolute atomic E-state index is 10.5. The zero-order valence-electron chi connectivity index (χ0n) is 12.9. The summed E-state index contributed by atoms with van der Waals surface area (Å²) in [5, 5.41) is 10.5. The van der Waals surface area contributed by atoms with Crippen molar-refractivity contribution < 1.29 is 5.11 Å². The Morgan fingerprint density at radius 1 is 0.941 bits per heavy atom. The third kappa shape index (κ3) is 3.98. The molecule has 1 nitrogen and oxygen atoms in total. The predicted octanol–water partition coefficient (Wildman–Crippen LogP) is 4.64. The van der Waals surface area contributed by atoms with Crippen LogP contribution in [0, 0.1) is 22.7 Å². The molecule has 0 spiro atoms. The lowest BCUT2D eigenvalue weighted by atomic mass is 9.61. The first-order chi connectivity index (χ1) is 7.43. The van der Waals surface area contributed by atoms with E-state index in [4.69, 9.17) is 0 Å². The van der Waals surface area contributed by atoms with Crippen molar-refractivity contribution >= 4 is 0 Å². The number of hydrogen-bond donors (Lipinski definition) is 1. The van der Waals surface area contributed by atoms with Gasteiger partial charge in [-0.1, -0.05) is 48.0 Å². The average molecular weight is 240 g/mol. The molecular weight excluding hydrogens is 208 g/mol. The summed E-state index contributed by atoms with van der Waals surface area (Å²) in [4.78, 5) is 0. The number of rotatable bonds is 0. The Bertz CT molecular complexity index is 252. The van der Waals surface area contributed by atoms with Crippen molar-refractivity contribution in [3.8, 4) is 0 Å². The average Bonchev–Trinajstić information content (AvgIpc) is 2.20. The van der Waals surface area contributed by atoms with Crippen LogP contribution in [0.3, 0.4) is 0 Å². The van der Waals surface area contributed by atoms with Gasteiger partial charge in [-0.05, 0) is 48.9 Å². The molecule has 0 bridgehead atoms. The van der Waals surface area contributed by atoms with Gasteiger partial charge in [-0.2, -0.15) is 0 Å². The Hall–Kier alpha value is -0.0400. The fourth-order valence-corrected chi connectivity index (χ4v) is 3.57. The van der Waals surface area contributed by atoms with Crippen LogP contribution in [0.25, 0.3) is 0 Å². The van der Waals surface area contributed by atoms with Crippen molar-refractivity contribution in [1.82, 2.24) is 0 Å². The van der Waals surface area contributed by atoms with Gasteiger partial charge >= 0.3 is 0 Å². The Labute approximate surface area is 108 Å². The molecule has 0 aromatic heterocycles. The van der Waals surface area contributed by atoms with Gasteiger partial charge in [-0.3, -0.25) is 0 Å². The van der Waals surface area contributed by atoms with Crippen molar-refractivity contribution in [1.29, 1.82) is 0 Å². The van der Waals surface area contributed by atoms with Crippen LogP contribution < -0.4 is 0 Å². The first-order valence-electron chi connectivity index (χ1n) is 7.16. The van der Waals surface area contributed by atoms with E-state index in [1.165, 1.54) is 12.8 Å². The van der Waals surface area contributed by atoms with E-state index in [1.807, 2.05) is 6.92 Å². The molecule has 3 unspecified atom stereocenters. The van der Waals surface area contributed by atoms with Crippen LogP contribution >= 0.6 is 0 Å². The molecule has 102 valence electrons. The van der Waals surface area contributed by atoms with E-state index in [1.54, 1.807) is 0 Å². The van der Waals surface area contributed by atoms with Crippen LogP contribution in [-0.4, -0.2) is 10.7 Å². The molecule has 0 amide bonds. The highest BCUT2D eigenvalue weighted by Crippen LogP contribution is 2.50. The second kappa shape index (κ2) is 4.57. The summed E-state index contributed by atoms with van der Waals surface area (Å²) >= 11 is 0. The molecule has 0 aromatic rings. The molecule has 1 aliphatic carbocycles. The quantitative estimate of drug-likeness (QED) is 0.612. The largest absolute Gasteiger partial charge is 0.390 e. The van der Waals surface area contributed by atoms with Crippen molar-refractivity contribution in [3.05, 3.63) is 0 Å². The monoisotopic (exact) mass is 240 g/mol. The minimum atomic E-state index is -0.460. The summed E-state index contributed by atoms with van der Waals surface area (Å²) in [6, 6.07) is 0. The Balaban J connectivity index is 3.03. The van der Waals surface area contributed by atoms with E-state index in [9.17, 15) is 5.11 Å². The molecule has 0 aliphatic heterocycles. The molecule has 0 aromatic carbocycles. The van der Waals surface area contributed by atoms with Gasteiger partial charge in [-0.25, -0.2) is 0 Å². The topological polar surface area (TPSA) is 20.2 Å². The zero-order chi connectivity index (χ0) is 13.5. The van der Waals surface area contributed by atoms with E-state index in [-0.39, 0.29) is 5.41 Å². The fourth-order valence-electron chi connectivity index (χ4n) is 3.57. The Morgan fingerprint density at radius 2 is 1.41 bits per heavy atom. The molecule has 1 heteroatoms. The van der Waals surface area contributed by atoms with Gasteiger partial charge in [0, 0.05) is 0 Å². The van der Waals surface area contributed by atoms with E-state index in [2.05, 4.69) is 41.5 Å². The second-order valence-electron chi connectivity index (χ2n) is 8.54. The summed E-state index contributed by atoms with van der Waals surface area (Å²) in [7, 11) is 0. The highest BCUT2D eigenvalue weighted by Gasteiger charge is 2.43. The van der Waals surface area contributed by atoms with Gasteiger partial charge in [0.25, 0.3) is 0 Å². The molecule has 1 saturated carbocycles. The maximum atomic E-state index is 10.5. The van der Waals surface area contributed by atoms with Crippen LogP contribution in [-0.2, 0) is 0 Å². The third-order valence-electron chi connectivity index (χ3n) is 4.60. The molecule has 0 saturated heterocycles. The SMILES string of the molecule is CC1(O)CCCC(C(C)(C)C)C(C(C)(C)C)C1. The summed E-state index contributed by atoms with van der Waals surface area (Å²) in [5.41, 5.74) is 0.169. The molecule has 1 fully saturated rings. The van der Waals surface area contributed by atoms with Gasteiger partial charge in [0.15, 0.2) is 0 Å². The number of hydrogen-bond acceptors (Lipinski definition) is 1. The highest BCUT2D eigenvalue weighted by molar-refractivity contribution is 4.93. The fraction of sp³-hybridized carbons (Fsp3) is 1.00. The first-order valence-corrected chi connectivity index (χ1v) is 7.16. The predicted molar refractivity (Wildman–Crippen MR) is 75.0 cm³/mol. The van der Waals surface area contributed by atoms with Crippen molar-refractivity contribution in [2.75, 3.05) is 0 Å². The van der Waals surface area contributed by atoms with E-state index in [0.717, 1.165) is 18.8 Å². The minimum Gasteiger partial charge on any atom is -0.390 e. The lowest BCUT2D eigenvalue weighted by Gasteiger charge is -2.44. The van der Waals surface area contributed by atoms with E-state index in [0.29, 0.717) is 11.3 Å². The summed E-state index contributed by atoms with van der Waals surface area (Å²) in [5.74, 6) is 1.33. The second-order valence-corrected chi connectivity index (χ2v) is 8.54. The molecule has 0 heterocycles. The van der Waals surface area contributed by atoms with Crippen LogP contribution in [0.15, 0.2) is 0 Å². The maximum Gasteiger partial charge on any atom is 0.0622 e. The van der Waals surface area contributed by atoms with Gasteiger partial charge in [0.1, 0.15) is 0 Å². The van der Waals surface area contributed by atoms with Crippen LogP contribution in [0.1, 0.15) is 74.1 Å². The van der Waals surface area contributed by atoms with Crippen LogP contribution in [0.5, 0.6) is 0 Å². The third-order valence-corrected chi connectivity index (χ3v) is 4.60. The van der Waals surface area contributed by atoms with E-state index >= 15 is 0 Å². The van der Waals surface area contributed by atoms with Gasteiger partial charge in [-0.15, -0.1) is 0 Å². The molecule has 3 atom stereocenters. The smallest absolute Gasteiger partial charge is 0.0622 e. The van der Waals surface area contributed by atoms with Crippen LogP contribution in [0.4, 0.5) is 0 Å². The normalized spacial score (nSPS) is 36.7. The molecule has 1 aliphatic rings. The standard InChI is InChI=1S/C16H32O/c1-14(2,3)12-9-8-10-16(7,17)11-13(12)15(4,5)6/h12-13,17H,8-11H2,1-7H3. The van der Waals surface area contributed by atoms with Gasteiger partial charge in [0.05, 0.1) is 5.60 Å². The Morgan fingerprint density at radius 3 is 1.82 bits per heavy atom. The zero-order valence-corrected chi connectivity index (χ0v) is 12.9. The molecule has 0 radical (unpaired) electrons. The summed E-state index contributed by atoms with van der Waals surface area (Å²) in [6.45, 7) is 16.1. The lowest BCUT2D eigenvalue weighted by Crippen LogP contribution is -2.39. The molecule has 1 rings (SSSR count). The Kier molecular flexibility index (Phi) is 4.04. The van der Waals surface area contributed by atoms with Crippen molar-refractivity contribution in [3.63, 3.8) is 0 Å². The van der Waals surface area contributed by atoms with Crippen LogP contribution in [0.2, 0.25) is 0 Å². The van der Waals surface area contributed by atoms with Crippen molar-refractivity contribution in [2.24, 2.45) is 22.7 Å².